The molecule has 3 rings (SSSR count). The molecule has 20 heavy (non-hydrogen) atoms. The molecule has 0 saturated carbocycles. The second-order valence-corrected chi connectivity index (χ2v) is 6.78. The van der Waals surface area contributed by atoms with Gasteiger partial charge in [-0.3, -0.25) is 4.90 Å². The van der Waals surface area contributed by atoms with Gasteiger partial charge >= 0.3 is 0 Å². The van der Waals surface area contributed by atoms with E-state index in [1.54, 1.807) is 0 Å². The largest absolute Gasteiger partial charge is 0.373 e. The van der Waals surface area contributed by atoms with E-state index in [9.17, 15) is 0 Å². The van der Waals surface area contributed by atoms with E-state index in [0.717, 1.165) is 26.1 Å². The number of hydrogen-bond donors (Lipinski definition) is 1. The van der Waals surface area contributed by atoms with Gasteiger partial charge in [-0.2, -0.15) is 0 Å². The van der Waals surface area contributed by atoms with Crippen molar-refractivity contribution in [2.24, 2.45) is 5.73 Å². The Bertz CT molecular complexity index is 486. The number of ether oxygens (including phenoxy) is 1. The van der Waals surface area contributed by atoms with Crippen LogP contribution in [0, 0.1) is 0 Å². The molecule has 0 aromatic heterocycles. The summed E-state index contributed by atoms with van der Waals surface area (Å²) in [5.41, 5.74) is 9.15. The monoisotopic (exact) mass is 274 g/mol. The molecule has 1 saturated heterocycles. The van der Waals surface area contributed by atoms with Gasteiger partial charge in [-0.05, 0) is 44.2 Å². The maximum atomic E-state index is 6.29. The van der Waals surface area contributed by atoms with E-state index < -0.39 is 0 Å². The maximum absolute atomic E-state index is 6.29. The molecule has 0 radical (unpaired) electrons. The summed E-state index contributed by atoms with van der Waals surface area (Å²) in [4.78, 5) is 2.58. The first-order valence-corrected chi connectivity index (χ1v) is 7.75. The highest BCUT2D eigenvalue weighted by Gasteiger charge is 2.44. The topological polar surface area (TPSA) is 38.5 Å². The van der Waals surface area contributed by atoms with Gasteiger partial charge in [-0.1, -0.05) is 24.3 Å². The Hall–Kier alpha value is -0.900. The van der Waals surface area contributed by atoms with Crippen LogP contribution in [-0.2, 0) is 16.7 Å². The molecule has 110 valence electrons. The highest BCUT2D eigenvalue weighted by atomic mass is 16.5. The smallest absolute Gasteiger partial charge is 0.0753 e. The number of rotatable bonds is 2. The third kappa shape index (κ3) is 2.28. The molecule has 3 heteroatoms. The van der Waals surface area contributed by atoms with Crippen LogP contribution in [0.3, 0.4) is 0 Å². The normalized spacial score (nSPS) is 29.9. The van der Waals surface area contributed by atoms with E-state index >= 15 is 0 Å². The lowest BCUT2D eigenvalue weighted by Gasteiger charge is -2.51. The number of nitrogens with two attached hydrogens (primary N) is 1. The van der Waals surface area contributed by atoms with Gasteiger partial charge in [-0.15, -0.1) is 0 Å². The van der Waals surface area contributed by atoms with Gasteiger partial charge < -0.3 is 10.5 Å². The molecule has 0 amide bonds. The van der Waals surface area contributed by atoms with Gasteiger partial charge in [0.15, 0.2) is 0 Å². The zero-order chi connectivity index (χ0) is 14.2. The van der Waals surface area contributed by atoms with Crippen molar-refractivity contribution in [1.82, 2.24) is 4.90 Å². The number of benzene rings is 1. The lowest BCUT2D eigenvalue weighted by atomic mass is 9.74. The summed E-state index contributed by atoms with van der Waals surface area (Å²) < 4.78 is 5.88. The predicted molar refractivity (Wildman–Crippen MR) is 81.7 cm³/mol. The van der Waals surface area contributed by atoms with Crippen molar-refractivity contribution in [3.8, 4) is 0 Å². The summed E-state index contributed by atoms with van der Waals surface area (Å²) in [6.45, 7) is 7.79. The van der Waals surface area contributed by atoms with Gasteiger partial charge in [0.25, 0.3) is 0 Å². The van der Waals surface area contributed by atoms with Crippen molar-refractivity contribution in [2.45, 2.75) is 44.2 Å². The highest BCUT2D eigenvalue weighted by molar-refractivity contribution is 5.37. The summed E-state index contributed by atoms with van der Waals surface area (Å²) in [6.07, 6.45) is 3.58. The summed E-state index contributed by atoms with van der Waals surface area (Å²) in [6, 6.07) is 8.85. The van der Waals surface area contributed by atoms with Crippen molar-refractivity contribution in [1.29, 1.82) is 0 Å². The van der Waals surface area contributed by atoms with Crippen LogP contribution >= 0.6 is 0 Å². The molecule has 0 spiro atoms. The number of hydrogen-bond acceptors (Lipinski definition) is 3. The van der Waals surface area contributed by atoms with Crippen LogP contribution in [-0.4, -0.2) is 36.7 Å². The summed E-state index contributed by atoms with van der Waals surface area (Å²) >= 11 is 0. The van der Waals surface area contributed by atoms with Crippen molar-refractivity contribution in [3.05, 3.63) is 35.4 Å². The molecule has 1 aromatic carbocycles. The molecular formula is C17H26N2O. The molecule has 2 aliphatic rings. The van der Waals surface area contributed by atoms with Crippen LogP contribution in [0.5, 0.6) is 0 Å². The van der Waals surface area contributed by atoms with E-state index in [2.05, 4.69) is 43.0 Å². The number of morpholine rings is 1. The first kappa shape index (κ1) is 14.1. The molecule has 1 fully saturated rings. The first-order chi connectivity index (χ1) is 9.57. The van der Waals surface area contributed by atoms with Crippen LogP contribution in [0.1, 0.15) is 37.8 Å². The fraction of sp³-hybridized carbons (Fsp3) is 0.647. The molecule has 1 unspecified atom stereocenters. The van der Waals surface area contributed by atoms with Crippen LogP contribution < -0.4 is 5.73 Å². The van der Waals surface area contributed by atoms with E-state index in [4.69, 9.17) is 10.5 Å². The van der Waals surface area contributed by atoms with Gasteiger partial charge in [0.2, 0.25) is 0 Å². The number of aryl methyl sites for hydroxylation is 1. The predicted octanol–water partition coefficient (Wildman–Crippen LogP) is 2.29. The number of nitrogens with zero attached hydrogens (tertiary/aromatic N) is 1. The van der Waals surface area contributed by atoms with E-state index in [0.29, 0.717) is 6.54 Å². The second-order valence-electron chi connectivity index (χ2n) is 6.78. The molecule has 1 aliphatic carbocycles. The SMILES string of the molecule is CC1(C)CN(C2(CN)CCCc3ccccc32)CCO1. The Kier molecular flexibility index (Phi) is 3.61. The van der Waals surface area contributed by atoms with E-state index in [1.165, 1.54) is 24.0 Å². The number of fused-ring (bicyclic) bond motifs is 1. The van der Waals surface area contributed by atoms with Crippen LogP contribution in [0.15, 0.2) is 24.3 Å². The molecular weight excluding hydrogens is 248 g/mol. The minimum Gasteiger partial charge on any atom is -0.373 e. The molecule has 0 bridgehead atoms. The maximum Gasteiger partial charge on any atom is 0.0753 e. The second kappa shape index (κ2) is 5.14. The Labute approximate surface area is 122 Å². The molecule has 1 aromatic rings. The summed E-state index contributed by atoms with van der Waals surface area (Å²) in [5, 5.41) is 0. The van der Waals surface area contributed by atoms with Gasteiger partial charge in [0.05, 0.1) is 17.7 Å². The molecule has 1 aliphatic heterocycles. The summed E-state index contributed by atoms with van der Waals surface area (Å²) in [7, 11) is 0. The van der Waals surface area contributed by atoms with Gasteiger partial charge in [-0.25, -0.2) is 0 Å². The fourth-order valence-electron chi connectivity index (χ4n) is 3.95. The summed E-state index contributed by atoms with van der Waals surface area (Å²) in [5.74, 6) is 0. The third-order valence-corrected chi connectivity index (χ3v) is 4.92. The molecule has 2 N–H and O–H groups in total. The quantitative estimate of drug-likeness (QED) is 0.899. The van der Waals surface area contributed by atoms with Crippen molar-refractivity contribution < 1.29 is 4.74 Å². The Balaban J connectivity index is 2.00. The van der Waals surface area contributed by atoms with Crippen LogP contribution in [0.4, 0.5) is 0 Å². The lowest BCUT2D eigenvalue weighted by molar-refractivity contribution is -0.120. The average molecular weight is 274 g/mol. The average Bonchev–Trinajstić information content (AvgIpc) is 2.45. The van der Waals surface area contributed by atoms with Gasteiger partial charge in [0.1, 0.15) is 0 Å². The Morgan fingerprint density at radius 3 is 2.85 bits per heavy atom. The van der Waals surface area contributed by atoms with Crippen LogP contribution in [0.25, 0.3) is 0 Å². The molecule has 1 atom stereocenters. The minimum atomic E-state index is -0.0766. The lowest BCUT2D eigenvalue weighted by Crippen LogP contribution is -2.60. The minimum absolute atomic E-state index is 0.00981. The van der Waals surface area contributed by atoms with Crippen LogP contribution in [0.2, 0.25) is 0 Å². The first-order valence-electron chi connectivity index (χ1n) is 7.75. The van der Waals surface area contributed by atoms with Crippen molar-refractivity contribution in [3.63, 3.8) is 0 Å². The Morgan fingerprint density at radius 1 is 1.30 bits per heavy atom. The molecule has 3 nitrogen and oxygen atoms in total. The Morgan fingerprint density at radius 2 is 2.10 bits per heavy atom. The third-order valence-electron chi connectivity index (χ3n) is 4.92. The highest BCUT2D eigenvalue weighted by Crippen LogP contribution is 2.41. The molecule has 1 heterocycles. The van der Waals surface area contributed by atoms with Crippen molar-refractivity contribution >= 4 is 0 Å². The standard InChI is InChI=1S/C17H26N2O/c1-16(2)13-19(10-11-20-16)17(12-18)9-5-7-14-6-3-4-8-15(14)17/h3-4,6,8H,5,7,9-13,18H2,1-2H3. The van der Waals surface area contributed by atoms with Crippen molar-refractivity contribution in [2.75, 3.05) is 26.2 Å². The zero-order valence-corrected chi connectivity index (χ0v) is 12.7. The van der Waals surface area contributed by atoms with E-state index in [1.807, 2.05) is 0 Å². The van der Waals surface area contributed by atoms with E-state index in [-0.39, 0.29) is 11.1 Å². The van der Waals surface area contributed by atoms with Gasteiger partial charge in [0, 0.05) is 19.6 Å². The fourth-order valence-corrected chi connectivity index (χ4v) is 3.95. The zero-order valence-electron chi connectivity index (χ0n) is 12.7.